The SMILES string of the molecule is O=C(NCCc1nc2ccccc2n1Cc1ccccc1Cl)c1ccccc1. The second-order valence-electron chi connectivity index (χ2n) is 6.57. The van der Waals surface area contributed by atoms with Crippen LogP contribution in [0.5, 0.6) is 0 Å². The first-order chi connectivity index (χ1) is 13.7. The molecule has 3 aromatic carbocycles. The minimum absolute atomic E-state index is 0.0747. The zero-order chi connectivity index (χ0) is 19.3. The van der Waals surface area contributed by atoms with E-state index in [2.05, 4.69) is 16.0 Å². The molecule has 0 atom stereocenters. The zero-order valence-corrected chi connectivity index (χ0v) is 16.1. The molecule has 140 valence electrons. The van der Waals surface area contributed by atoms with Gasteiger partial charge in [-0.05, 0) is 35.9 Å². The number of imidazole rings is 1. The van der Waals surface area contributed by atoms with Gasteiger partial charge in [0.25, 0.3) is 5.91 Å². The van der Waals surface area contributed by atoms with Crippen molar-refractivity contribution in [3.05, 3.63) is 101 Å². The van der Waals surface area contributed by atoms with Crippen molar-refractivity contribution < 1.29 is 4.79 Å². The number of amides is 1. The van der Waals surface area contributed by atoms with E-state index in [4.69, 9.17) is 16.6 Å². The molecule has 0 spiro atoms. The number of benzene rings is 3. The van der Waals surface area contributed by atoms with Gasteiger partial charge in [-0.15, -0.1) is 0 Å². The monoisotopic (exact) mass is 389 g/mol. The number of nitrogens with zero attached hydrogens (tertiary/aromatic N) is 2. The molecule has 4 aromatic rings. The first-order valence-corrected chi connectivity index (χ1v) is 9.61. The summed E-state index contributed by atoms with van der Waals surface area (Å²) in [6.07, 6.45) is 0.637. The van der Waals surface area contributed by atoms with E-state index in [1.54, 1.807) is 0 Å². The largest absolute Gasteiger partial charge is 0.352 e. The van der Waals surface area contributed by atoms with Crippen LogP contribution in [0.15, 0.2) is 78.9 Å². The summed E-state index contributed by atoms with van der Waals surface area (Å²) in [5.74, 6) is 0.851. The number of para-hydroxylation sites is 2. The van der Waals surface area contributed by atoms with Crippen LogP contribution >= 0.6 is 11.6 Å². The van der Waals surface area contributed by atoms with E-state index in [1.165, 1.54) is 0 Å². The van der Waals surface area contributed by atoms with Crippen molar-refractivity contribution in [1.82, 2.24) is 14.9 Å². The van der Waals surface area contributed by atoms with Gasteiger partial charge in [-0.3, -0.25) is 4.79 Å². The van der Waals surface area contributed by atoms with Crippen molar-refractivity contribution in [2.45, 2.75) is 13.0 Å². The minimum Gasteiger partial charge on any atom is -0.352 e. The smallest absolute Gasteiger partial charge is 0.251 e. The number of aromatic nitrogens is 2. The lowest BCUT2D eigenvalue weighted by molar-refractivity contribution is 0.0954. The third-order valence-corrected chi connectivity index (χ3v) is 5.06. The lowest BCUT2D eigenvalue weighted by Gasteiger charge is -2.11. The lowest BCUT2D eigenvalue weighted by Crippen LogP contribution is -2.26. The Morgan fingerprint density at radius 1 is 0.929 bits per heavy atom. The van der Waals surface area contributed by atoms with Crippen molar-refractivity contribution in [2.75, 3.05) is 6.54 Å². The number of hydrogen-bond donors (Lipinski definition) is 1. The molecule has 0 fully saturated rings. The molecular formula is C23H20ClN3O. The fourth-order valence-corrected chi connectivity index (χ4v) is 3.46. The van der Waals surface area contributed by atoms with Crippen LogP contribution in [0.1, 0.15) is 21.7 Å². The summed E-state index contributed by atoms with van der Waals surface area (Å²) in [7, 11) is 0. The summed E-state index contributed by atoms with van der Waals surface area (Å²) in [6.45, 7) is 1.15. The predicted octanol–water partition coefficient (Wildman–Crippen LogP) is 4.71. The highest BCUT2D eigenvalue weighted by Gasteiger charge is 2.13. The van der Waals surface area contributed by atoms with Crippen LogP contribution in [0.4, 0.5) is 0 Å². The van der Waals surface area contributed by atoms with Gasteiger partial charge in [-0.1, -0.05) is 60.1 Å². The highest BCUT2D eigenvalue weighted by atomic mass is 35.5. The van der Waals surface area contributed by atoms with Crippen LogP contribution in [0, 0.1) is 0 Å². The molecule has 1 N–H and O–H groups in total. The van der Waals surface area contributed by atoms with Crippen LogP contribution in [0.3, 0.4) is 0 Å². The molecule has 1 heterocycles. The highest BCUT2D eigenvalue weighted by Crippen LogP contribution is 2.22. The van der Waals surface area contributed by atoms with Crippen molar-refractivity contribution in [1.29, 1.82) is 0 Å². The van der Waals surface area contributed by atoms with Crippen LogP contribution < -0.4 is 5.32 Å². The van der Waals surface area contributed by atoms with Gasteiger partial charge in [-0.25, -0.2) is 4.98 Å². The average Bonchev–Trinajstić information content (AvgIpc) is 3.08. The van der Waals surface area contributed by atoms with E-state index in [9.17, 15) is 4.79 Å². The molecule has 4 nitrogen and oxygen atoms in total. The van der Waals surface area contributed by atoms with Crippen LogP contribution in [0.25, 0.3) is 11.0 Å². The summed E-state index contributed by atoms with van der Waals surface area (Å²) < 4.78 is 2.17. The summed E-state index contributed by atoms with van der Waals surface area (Å²) >= 11 is 6.37. The number of fused-ring (bicyclic) bond motifs is 1. The van der Waals surface area contributed by atoms with Gasteiger partial charge in [-0.2, -0.15) is 0 Å². The zero-order valence-electron chi connectivity index (χ0n) is 15.3. The molecule has 1 amide bonds. The van der Waals surface area contributed by atoms with E-state index in [-0.39, 0.29) is 5.91 Å². The molecule has 0 radical (unpaired) electrons. The van der Waals surface area contributed by atoms with E-state index >= 15 is 0 Å². The Balaban J connectivity index is 1.55. The maximum atomic E-state index is 12.3. The number of carbonyl (C=O) groups is 1. The first kappa shape index (κ1) is 18.3. The Morgan fingerprint density at radius 3 is 2.46 bits per heavy atom. The third kappa shape index (κ3) is 3.92. The molecule has 5 heteroatoms. The Bertz CT molecular complexity index is 1110. The predicted molar refractivity (Wildman–Crippen MR) is 113 cm³/mol. The summed E-state index contributed by atoms with van der Waals surface area (Å²) in [6, 6.07) is 25.1. The van der Waals surface area contributed by atoms with Gasteiger partial charge in [0.15, 0.2) is 0 Å². The van der Waals surface area contributed by atoms with E-state index in [0.717, 1.165) is 27.4 Å². The van der Waals surface area contributed by atoms with E-state index in [0.29, 0.717) is 25.1 Å². The third-order valence-electron chi connectivity index (χ3n) is 4.69. The molecule has 0 bridgehead atoms. The molecule has 0 unspecified atom stereocenters. The summed E-state index contributed by atoms with van der Waals surface area (Å²) in [5, 5.41) is 3.72. The topological polar surface area (TPSA) is 46.9 Å². The van der Waals surface area contributed by atoms with Crippen molar-refractivity contribution in [3.8, 4) is 0 Å². The van der Waals surface area contributed by atoms with Crippen LogP contribution in [0.2, 0.25) is 5.02 Å². The molecule has 0 saturated heterocycles. The average molecular weight is 390 g/mol. The minimum atomic E-state index is -0.0747. The van der Waals surface area contributed by atoms with Crippen LogP contribution in [-0.4, -0.2) is 22.0 Å². The van der Waals surface area contributed by atoms with Crippen LogP contribution in [-0.2, 0) is 13.0 Å². The quantitative estimate of drug-likeness (QED) is 0.519. The number of hydrogen-bond acceptors (Lipinski definition) is 2. The van der Waals surface area contributed by atoms with E-state index < -0.39 is 0 Å². The Kier molecular flexibility index (Phi) is 5.40. The Morgan fingerprint density at radius 2 is 1.64 bits per heavy atom. The fourth-order valence-electron chi connectivity index (χ4n) is 3.27. The molecule has 0 aliphatic carbocycles. The number of rotatable bonds is 6. The number of nitrogens with one attached hydrogen (secondary N) is 1. The Hall–Kier alpha value is -3.11. The van der Waals surface area contributed by atoms with Crippen molar-refractivity contribution in [3.63, 3.8) is 0 Å². The number of carbonyl (C=O) groups excluding carboxylic acids is 1. The highest BCUT2D eigenvalue weighted by molar-refractivity contribution is 6.31. The van der Waals surface area contributed by atoms with Gasteiger partial charge in [0.05, 0.1) is 17.6 Å². The van der Waals surface area contributed by atoms with Gasteiger partial charge in [0.1, 0.15) is 5.82 Å². The second-order valence-corrected chi connectivity index (χ2v) is 6.97. The maximum absolute atomic E-state index is 12.3. The Labute approximate surface area is 168 Å². The van der Waals surface area contributed by atoms with Gasteiger partial charge in [0.2, 0.25) is 0 Å². The van der Waals surface area contributed by atoms with E-state index in [1.807, 2.05) is 72.8 Å². The molecular weight excluding hydrogens is 370 g/mol. The van der Waals surface area contributed by atoms with Gasteiger partial charge in [0, 0.05) is 23.6 Å². The first-order valence-electron chi connectivity index (χ1n) is 9.23. The van der Waals surface area contributed by atoms with Crippen molar-refractivity contribution >= 4 is 28.5 Å². The fraction of sp³-hybridized carbons (Fsp3) is 0.130. The normalized spacial score (nSPS) is 10.9. The second kappa shape index (κ2) is 8.28. The molecule has 1 aromatic heterocycles. The maximum Gasteiger partial charge on any atom is 0.251 e. The summed E-state index contributed by atoms with van der Waals surface area (Å²) in [5.41, 5.74) is 3.71. The number of halogens is 1. The van der Waals surface area contributed by atoms with Gasteiger partial charge >= 0.3 is 0 Å². The molecule has 0 saturated carbocycles. The van der Waals surface area contributed by atoms with Gasteiger partial charge < -0.3 is 9.88 Å². The summed E-state index contributed by atoms with van der Waals surface area (Å²) in [4.78, 5) is 17.0. The lowest BCUT2D eigenvalue weighted by atomic mass is 10.2. The molecule has 0 aliphatic rings. The molecule has 0 aliphatic heterocycles. The van der Waals surface area contributed by atoms with Crippen molar-refractivity contribution in [2.24, 2.45) is 0 Å². The molecule has 4 rings (SSSR count). The molecule has 28 heavy (non-hydrogen) atoms. The standard InChI is InChI=1S/C23H20ClN3O/c24-19-11-5-4-10-18(19)16-27-21-13-7-6-12-20(21)26-22(27)14-15-25-23(28)17-8-2-1-3-9-17/h1-13H,14-16H2,(H,25,28).